The standard InChI is InChI=1S/C9H12N2O2/c1-11-8-3-2-6(5-12)9(13)7(8)4-10-11/h4-5,7-8,12H,2-3H2,1H3. The minimum Gasteiger partial charge on any atom is -0.515 e. The molecule has 4 heteroatoms. The lowest BCUT2D eigenvalue weighted by molar-refractivity contribution is -0.119. The molecule has 0 spiro atoms. The largest absolute Gasteiger partial charge is 0.515 e. The third-order valence-electron chi connectivity index (χ3n) is 2.79. The summed E-state index contributed by atoms with van der Waals surface area (Å²) in [4.78, 5) is 11.6. The number of hydrogen-bond acceptors (Lipinski definition) is 4. The Kier molecular flexibility index (Phi) is 1.83. The van der Waals surface area contributed by atoms with Gasteiger partial charge in [-0.1, -0.05) is 0 Å². The maximum Gasteiger partial charge on any atom is 0.172 e. The van der Waals surface area contributed by atoms with E-state index in [0.717, 1.165) is 12.7 Å². The molecule has 1 fully saturated rings. The summed E-state index contributed by atoms with van der Waals surface area (Å²) in [7, 11) is 1.88. The molecule has 0 bridgehead atoms. The van der Waals surface area contributed by atoms with Gasteiger partial charge in [0.05, 0.1) is 18.2 Å². The van der Waals surface area contributed by atoms with Gasteiger partial charge in [0.15, 0.2) is 5.78 Å². The third-order valence-corrected chi connectivity index (χ3v) is 2.79. The Balaban J connectivity index is 2.24. The highest BCUT2D eigenvalue weighted by Crippen LogP contribution is 2.30. The lowest BCUT2D eigenvalue weighted by atomic mass is 9.82. The average Bonchev–Trinajstić information content (AvgIpc) is 2.50. The molecule has 1 heterocycles. The van der Waals surface area contributed by atoms with Crippen molar-refractivity contribution in [2.75, 3.05) is 7.05 Å². The Morgan fingerprint density at radius 1 is 1.77 bits per heavy atom. The summed E-state index contributed by atoms with van der Waals surface area (Å²) in [5.41, 5.74) is 0.531. The molecule has 13 heavy (non-hydrogen) atoms. The van der Waals surface area contributed by atoms with E-state index in [4.69, 9.17) is 5.11 Å². The molecule has 2 aliphatic rings. The number of fused-ring (bicyclic) bond motifs is 1. The van der Waals surface area contributed by atoms with Crippen LogP contribution >= 0.6 is 0 Å². The van der Waals surface area contributed by atoms with Crippen molar-refractivity contribution in [3.8, 4) is 0 Å². The number of hydrogen-bond donors (Lipinski definition) is 1. The Labute approximate surface area is 76.5 Å². The van der Waals surface area contributed by atoms with Crippen molar-refractivity contribution >= 4 is 12.0 Å². The van der Waals surface area contributed by atoms with E-state index >= 15 is 0 Å². The fourth-order valence-electron chi connectivity index (χ4n) is 1.97. The van der Waals surface area contributed by atoms with Crippen LogP contribution in [0.1, 0.15) is 12.8 Å². The molecule has 0 saturated heterocycles. The molecule has 1 aliphatic heterocycles. The number of nitrogens with zero attached hydrogens (tertiary/aromatic N) is 2. The molecule has 2 rings (SSSR count). The molecule has 2 atom stereocenters. The number of aliphatic hydroxyl groups is 1. The van der Waals surface area contributed by atoms with Gasteiger partial charge >= 0.3 is 0 Å². The van der Waals surface area contributed by atoms with Crippen molar-refractivity contribution < 1.29 is 9.90 Å². The van der Waals surface area contributed by atoms with Crippen LogP contribution < -0.4 is 0 Å². The second-order valence-electron chi connectivity index (χ2n) is 3.49. The van der Waals surface area contributed by atoms with E-state index in [1.165, 1.54) is 0 Å². The first-order valence-electron chi connectivity index (χ1n) is 4.38. The van der Waals surface area contributed by atoms with Crippen molar-refractivity contribution in [1.29, 1.82) is 0 Å². The van der Waals surface area contributed by atoms with Crippen molar-refractivity contribution in [2.24, 2.45) is 11.0 Å². The Bertz CT molecular complexity index is 296. The first kappa shape index (κ1) is 8.29. The van der Waals surface area contributed by atoms with Gasteiger partial charge in [-0.15, -0.1) is 0 Å². The van der Waals surface area contributed by atoms with Gasteiger partial charge in [0.25, 0.3) is 0 Å². The zero-order chi connectivity index (χ0) is 9.42. The number of Topliss-reactive ketones (excluding diaryl/α,β-unsaturated/α-hetero) is 1. The summed E-state index contributed by atoms with van der Waals surface area (Å²) in [6.07, 6.45) is 4.16. The van der Waals surface area contributed by atoms with E-state index in [0.29, 0.717) is 12.0 Å². The number of carbonyl (C=O) groups is 1. The molecular formula is C9H12N2O2. The summed E-state index contributed by atoms with van der Waals surface area (Å²) in [6, 6.07) is 0.205. The minimum absolute atomic E-state index is 0.0202. The molecule has 4 nitrogen and oxygen atoms in total. The second kappa shape index (κ2) is 2.87. The zero-order valence-corrected chi connectivity index (χ0v) is 7.47. The highest BCUT2D eigenvalue weighted by Gasteiger charge is 2.39. The fraction of sp³-hybridized carbons (Fsp3) is 0.556. The number of hydrazone groups is 1. The smallest absolute Gasteiger partial charge is 0.172 e. The number of ketones is 1. The number of allylic oxidation sites excluding steroid dienone is 1. The van der Waals surface area contributed by atoms with Crippen LogP contribution in [-0.4, -0.2) is 35.2 Å². The lowest BCUT2D eigenvalue weighted by Gasteiger charge is -2.28. The monoisotopic (exact) mass is 180 g/mol. The summed E-state index contributed by atoms with van der Waals surface area (Å²) >= 11 is 0. The van der Waals surface area contributed by atoms with Crippen molar-refractivity contribution in [1.82, 2.24) is 5.01 Å². The lowest BCUT2D eigenvalue weighted by Crippen LogP contribution is -2.38. The van der Waals surface area contributed by atoms with Crippen LogP contribution in [0.2, 0.25) is 0 Å². The molecule has 0 aromatic carbocycles. The van der Waals surface area contributed by atoms with Crippen LogP contribution in [0.4, 0.5) is 0 Å². The first-order chi connectivity index (χ1) is 6.24. The quantitative estimate of drug-likeness (QED) is 0.441. The predicted molar refractivity (Wildman–Crippen MR) is 48.5 cm³/mol. The topological polar surface area (TPSA) is 52.9 Å². The number of carbonyl (C=O) groups excluding carboxylic acids is 1. The molecule has 1 N–H and O–H groups in total. The molecule has 0 aromatic rings. The van der Waals surface area contributed by atoms with Gasteiger partial charge in [0, 0.05) is 18.8 Å². The Morgan fingerprint density at radius 2 is 2.54 bits per heavy atom. The van der Waals surface area contributed by atoms with E-state index in [1.807, 2.05) is 12.1 Å². The van der Waals surface area contributed by atoms with Crippen molar-refractivity contribution in [2.45, 2.75) is 18.9 Å². The van der Waals surface area contributed by atoms with Gasteiger partial charge in [-0.2, -0.15) is 5.10 Å². The molecule has 0 radical (unpaired) electrons. The number of aliphatic hydroxyl groups excluding tert-OH is 1. The van der Waals surface area contributed by atoms with Gasteiger partial charge in [-0.25, -0.2) is 0 Å². The van der Waals surface area contributed by atoms with Crippen LogP contribution in [0.3, 0.4) is 0 Å². The van der Waals surface area contributed by atoms with E-state index in [1.54, 1.807) is 6.21 Å². The van der Waals surface area contributed by atoms with Crippen molar-refractivity contribution in [3.63, 3.8) is 0 Å². The maximum absolute atomic E-state index is 11.6. The second-order valence-corrected chi connectivity index (χ2v) is 3.49. The van der Waals surface area contributed by atoms with Crippen LogP contribution in [0.5, 0.6) is 0 Å². The van der Waals surface area contributed by atoms with Crippen molar-refractivity contribution in [3.05, 3.63) is 11.8 Å². The SMILES string of the molecule is CN1N=CC2C(=O)C(=CO)CCC21. The van der Waals surface area contributed by atoms with E-state index in [9.17, 15) is 4.79 Å². The average molecular weight is 180 g/mol. The predicted octanol–water partition coefficient (Wildman–Crippen LogP) is 0.707. The first-order valence-corrected chi connectivity index (χ1v) is 4.38. The van der Waals surface area contributed by atoms with E-state index in [2.05, 4.69) is 5.10 Å². The van der Waals surface area contributed by atoms with Crippen LogP contribution in [0.15, 0.2) is 16.9 Å². The molecular weight excluding hydrogens is 168 g/mol. The Morgan fingerprint density at radius 3 is 3.23 bits per heavy atom. The molecule has 70 valence electrons. The zero-order valence-electron chi connectivity index (χ0n) is 7.47. The molecule has 0 amide bonds. The highest BCUT2D eigenvalue weighted by molar-refractivity contribution is 6.07. The molecule has 1 aliphatic carbocycles. The van der Waals surface area contributed by atoms with Crippen LogP contribution in [0.25, 0.3) is 0 Å². The van der Waals surface area contributed by atoms with Gasteiger partial charge < -0.3 is 5.11 Å². The molecule has 1 saturated carbocycles. The minimum atomic E-state index is -0.142. The van der Waals surface area contributed by atoms with Crippen LogP contribution in [-0.2, 0) is 4.79 Å². The van der Waals surface area contributed by atoms with Gasteiger partial charge in [-0.3, -0.25) is 9.80 Å². The molecule has 0 aromatic heterocycles. The molecule has 2 unspecified atom stereocenters. The number of rotatable bonds is 0. The van der Waals surface area contributed by atoms with Gasteiger partial charge in [-0.05, 0) is 12.8 Å². The van der Waals surface area contributed by atoms with E-state index < -0.39 is 0 Å². The van der Waals surface area contributed by atoms with E-state index in [-0.39, 0.29) is 17.7 Å². The maximum atomic E-state index is 11.6. The summed E-state index contributed by atoms with van der Waals surface area (Å²) in [5, 5.41) is 14.7. The Hall–Kier alpha value is -1.32. The summed E-state index contributed by atoms with van der Waals surface area (Å²) < 4.78 is 0. The van der Waals surface area contributed by atoms with Gasteiger partial charge in [0.2, 0.25) is 0 Å². The fourth-order valence-corrected chi connectivity index (χ4v) is 1.97. The summed E-state index contributed by atoms with van der Waals surface area (Å²) in [5.74, 6) is -0.121. The normalized spacial score (nSPS) is 35.6. The highest BCUT2D eigenvalue weighted by atomic mass is 16.2. The van der Waals surface area contributed by atoms with Gasteiger partial charge in [0.1, 0.15) is 0 Å². The van der Waals surface area contributed by atoms with Crippen LogP contribution in [0, 0.1) is 5.92 Å². The summed E-state index contributed by atoms with van der Waals surface area (Å²) in [6.45, 7) is 0. The third kappa shape index (κ3) is 1.13.